The molecule has 0 bridgehead atoms. The van der Waals surface area contributed by atoms with Crippen molar-refractivity contribution < 1.29 is 4.79 Å². The molecule has 1 saturated heterocycles. The van der Waals surface area contributed by atoms with E-state index in [0.717, 1.165) is 43.1 Å². The van der Waals surface area contributed by atoms with E-state index >= 15 is 0 Å². The Balaban J connectivity index is 2.22. The number of likely N-dealkylation sites (tertiary alicyclic amines) is 1. The van der Waals surface area contributed by atoms with E-state index in [4.69, 9.17) is 0 Å². The molecule has 110 valence electrons. The van der Waals surface area contributed by atoms with Crippen LogP contribution in [0.4, 0.5) is 5.82 Å². The number of hydrogen-bond acceptors (Lipinski definition) is 3. The van der Waals surface area contributed by atoms with Crippen LogP contribution in [0, 0.1) is 11.8 Å². The number of pyridine rings is 1. The monoisotopic (exact) mass is 275 g/mol. The van der Waals surface area contributed by atoms with Gasteiger partial charge in [0.25, 0.3) is 5.91 Å². The van der Waals surface area contributed by atoms with Crippen LogP contribution in [0.1, 0.15) is 43.7 Å². The Morgan fingerprint density at radius 1 is 1.30 bits per heavy atom. The van der Waals surface area contributed by atoms with Crippen molar-refractivity contribution in [3.8, 4) is 0 Å². The highest BCUT2D eigenvalue weighted by molar-refractivity contribution is 5.95. The third-order valence-electron chi connectivity index (χ3n) is 4.12. The molecule has 1 fully saturated rings. The van der Waals surface area contributed by atoms with Gasteiger partial charge in [-0.3, -0.25) is 4.79 Å². The van der Waals surface area contributed by atoms with Crippen LogP contribution in [0.15, 0.2) is 12.1 Å². The zero-order valence-corrected chi connectivity index (χ0v) is 12.9. The number of aromatic nitrogens is 1. The molecule has 0 saturated carbocycles. The van der Waals surface area contributed by atoms with Gasteiger partial charge in [0.1, 0.15) is 5.82 Å². The topological polar surface area (TPSA) is 45.2 Å². The van der Waals surface area contributed by atoms with Gasteiger partial charge >= 0.3 is 0 Å². The predicted octanol–water partition coefficient (Wildman–Crippen LogP) is 2.80. The van der Waals surface area contributed by atoms with Gasteiger partial charge in [0, 0.05) is 30.9 Å². The van der Waals surface area contributed by atoms with E-state index in [2.05, 4.69) is 31.1 Å². The fourth-order valence-corrected chi connectivity index (χ4v) is 2.64. The Labute approximate surface area is 121 Å². The number of hydrogen-bond donors (Lipinski definition) is 1. The second kappa shape index (κ2) is 6.25. The minimum atomic E-state index is 0.137. The Bertz CT molecular complexity index is 477. The summed E-state index contributed by atoms with van der Waals surface area (Å²) in [5.41, 5.74) is 1.72. The van der Waals surface area contributed by atoms with Gasteiger partial charge in [0.05, 0.1) is 0 Å². The van der Waals surface area contributed by atoms with Crippen molar-refractivity contribution >= 4 is 11.7 Å². The van der Waals surface area contributed by atoms with Crippen LogP contribution in [-0.2, 0) is 6.42 Å². The molecule has 2 heterocycles. The maximum atomic E-state index is 12.6. The number of nitrogens with zero attached hydrogens (tertiary/aromatic N) is 2. The number of anilines is 1. The van der Waals surface area contributed by atoms with Crippen LogP contribution in [0.25, 0.3) is 0 Å². The highest BCUT2D eigenvalue weighted by Crippen LogP contribution is 2.24. The maximum absolute atomic E-state index is 12.6. The summed E-state index contributed by atoms with van der Waals surface area (Å²) in [5, 5.41) is 3.20. The van der Waals surface area contributed by atoms with Crippen LogP contribution in [0.3, 0.4) is 0 Å². The molecule has 1 aromatic heterocycles. The van der Waals surface area contributed by atoms with Gasteiger partial charge in [0.15, 0.2) is 0 Å². The standard InChI is InChI=1S/C16H25N3O/c1-5-14-7-13(8-15(18-14)17-6-2)16(20)19-9-11(3)12(4)10-19/h7-8,11-12H,5-6,9-10H2,1-4H3,(H,17,18). The summed E-state index contributed by atoms with van der Waals surface area (Å²) in [5.74, 6) is 2.10. The van der Waals surface area contributed by atoms with E-state index in [0.29, 0.717) is 11.8 Å². The van der Waals surface area contributed by atoms with E-state index in [-0.39, 0.29) is 5.91 Å². The van der Waals surface area contributed by atoms with Gasteiger partial charge in [-0.05, 0) is 37.3 Å². The first-order valence-corrected chi connectivity index (χ1v) is 7.59. The van der Waals surface area contributed by atoms with Crippen molar-refractivity contribution in [2.24, 2.45) is 11.8 Å². The Kier molecular flexibility index (Phi) is 4.63. The second-order valence-corrected chi connectivity index (χ2v) is 5.78. The highest BCUT2D eigenvalue weighted by atomic mass is 16.2. The summed E-state index contributed by atoms with van der Waals surface area (Å²) >= 11 is 0. The average molecular weight is 275 g/mol. The molecular weight excluding hydrogens is 250 g/mol. The molecule has 2 unspecified atom stereocenters. The van der Waals surface area contributed by atoms with Crippen molar-refractivity contribution in [1.82, 2.24) is 9.88 Å². The number of nitrogens with one attached hydrogen (secondary N) is 1. The Morgan fingerprint density at radius 3 is 2.50 bits per heavy atom. The van der Waals surface area contributed by atoms with Gasteiger partial charge in [0.2, 0.25) is 0 Å². The normalized spacial score (nSPS) is 22.1. The number of amides is 1. The molecular formula is C16H25N3O. The predicted molar refractivity (Wildman–Crippen MR) is 82.0 cm³/mol. The molecule has 1 aliphatic heterocycles. The van der Waals surface area contributed by atoms with Gasteiger partial charge in [-0.1, -0.05) is 20.8 Å². The third kappa shape index (κ3) is 3.11. The van der Waals surface area contributed by atoms with Crippen LogP contribution >= 0.6 is 0 Å². The first kappa shape index (κ1) is 14.8. The van der Waals surface area contributed by atoms with Crippen molar-refractivity contribution in [2.75, 3.05) is 25.0 Å². The van der Waals surface area contributed by atoms with Crippen molar-refractivity contribution in [3.63, 3.8) is 0 Å². The fourth-order valence-electron chi connectivity index (χ4n) is 2.64. The smallest absolute Gasteiger partial charge is 0.254 e. The lowest BCUT2D eigenvalue weighted by molar-refractivity contribution is 0.0785. The molecule has 2 rings (SSSR count). The van der Waals surface area contributed by atoms with E-state index in [1.165, 1.54) is 0 Å². The Hall–Kier alpha value is -1.58. The SMILES string of the molecule is CCNc1cc(C(=O)N2CC(C)C(C)C2)cc(CC)n1. The molecule has 1 aromatic rings. The summed E-state index contributed by atoms with van der Waals surface area (Å²) in [6.07, 6.45) is 0.840. The summed E-state index contributed by atoms with van der Waals surface area (Å²) < 4.78 is 0. The lowest BCUT2D eigenvalue weighted by Gasteiger charge is -2.17. The van der Waals surface area contributed by atoms with Crippen molar-refractivity contribution in [3.05, 3.63) is 23.4 Å². The first-order chi connectivity index (χ1) is 9.55. The molecule has 0 aromatic carbocycles. The lowest BCUT2D eigenvalue weighted by Crippen LogP contribution is -2.29. The quantitative estimate of drug-likeness (QED) is 0.919. The van der Waals surface area contributed by atoms with Gasteiger partial charge < -0.3 is 10.2 Å². The van der Waals surface area contributed by atoms with Gasteiger partial charge in [-0.25, -0.2) is 4.98 Å². The lowest BCUT2D eigenvalue weighted by atomic mass is 10.0. The number of aryl methyl sites for hydroxylation is 1. The summed E-state index contributed by atoms with van der Waals surface area (Å²) in [4.78, 5) is 19.1. The summed E-state index contributed by atoms with van der Waals surface area (Å²) in [6.45, 7) is 11.1. The Morgan fingerprint density at radius 2 is 1.95 bits per heavy atom. The summed E-state index contributed by atoms with van der Waals surface area (Å²) in [7, 11) is 0. The molecule has 20 heavy (non-hydrogen) atoms. The molecule has 0 aliphatic carbocycles. The molecule has 0 radical (unpaired) electrons. The van der Waals surface area contributed by atoms with Crippen molar-refractivity contribution in [1.29, 1.82) is 0 Å². The fraction of sp³-hybridized carbons (Fsp3) is 0.625. The minimum Gasteiger partial charge on any atom is -0.370 e. The molecule has 4 nitrogen and oxygen atoms in total. The highest BCUT2D eigenvalue weighted by Gasteiger charge is 2.30. The first-order valence-electron chi connectivity index (χ1n) is 7.59. The molecule has 1 N–H and O–H groups in total. The zero-order valence-electron chi connectivity index (χ0n) is 12.9. The molecule has 4 heteroatoms. The summed E-state index contributed by atoms with van der Waals surface area (Å²) in [6, 6.07) is 3.80. The van der Waals surface area contributed by atoms with Gasteiger partial charge in [-0.2, -0.15) is 0 Å². The van der Waals surface area contributed by atoms with E-state index in [1.807, 2.05) is 24.0 Å². The van der Waals surface area contributed by atoms with Crippen LogP contribution in [0.5, 0.6) is 0 Å². The van der Waals surface area contributed by atoms with Crippen LogP contribution < -0.4 is 5.32 Å². The van der Waals surface area contributed by atoms with E-state index < -0.39 is 0 Å². The van der Waals surface area contributed by atoms with Gasteiger partial charge in [-0.15, -0.1) is 0 Å². The minimum absolute atomic E-state index is 0.137. The molecule has 0 spiro atoms. The number of carbonyl (C=O) groups is 1. The average Bonchev–Trinajstić information content (AvgIpc) is 2.78. The molecule has 1 aliphatic rings. The van der Waals surface area contributed by atoms with Crippen LogP contribution in [0.2, 0.25) is 0 Å². The third-order valence-corrected chi connectivity index (χ3v) is 4.12. The molecule has 2 atom stereocenters. The van der Waals surface area contributed by atoms with Crippen LogP contribution in [-0.4, -0.2) is 35.4 Å². The van der Waals surface area contributed by atoms with E-state index in [9.17, 15) is 4.79 Å². The number of rotatable bonds is 4. The maximum Gasteiger partial charge on any atom is 0.254 e. The van der Waals surface area contributed by atoms with Crippen molar-refractivity contribution in [2.45, 2.75) is 34.1 Å². The molecule has 1 amide bonds. The second-order valence-electron chi connectivity index (χ2n) is 5.78. The zero-order chi connectivity index (χ0) is 14.7. The van der Waals surface area contributed by atoms with E-state index in [1.54, 1.807) is 0 Å². The largest absolute Gasteiger partial charge is 0.370 e. The number of carbonyl (C=O) groups excluding carboxylic acids is 1.